The van der Waals surface area contributed by atoms with Crippen LogP contribution in [0.1, 0.15) is 39.2 Å². The highest BCUT2D eigenvalue weighted by molar-refractivity contribution is 6.09. The van der Waals surface area contributed by atoms with Crippen LogP contribution in [0.25, 0.3) is 21.8 Å². The van der Waals surface area contributed by atoms with E-state index in [1.165, 1.54) is 25.9 Å². The molecule has 3 heterocycles. The molecule has 1 N–H and O–H groups in total. The van der Waals surface area contributed by atoms with Crippen molar-refractivity contribution in [2.75, 3.05) is 38.7 Å². The Morgan fingerprint density at radius 1 is 1.00 bits per heavy atom. The van der Waals surface area contributed by atoms with Crippen molar-refractivity contribution in [2.24, 2.45) is 0 Å². The number of hydrogen-bond donors (Lipinski definition) is 1. The summed E-state index contributed by atoms with van der Waals surface area (Å²) >= 11 is 0. The quantitative estimate of drug-likeness (QED) is 0.233. The number of methoxy groups -OCH3 is 1. The fourth-order valence-electron chi connectivity index (χ4n) is 4.74. The minimum atomic E-state index is 0.409. The highest BCUT2D eigenvalue weighted by Crippen LogP contribution is 2.39. The van der Waals surface area contributed by atoms with Gasteiger partial charge in [0.2, 0.25) is 0 Å². The molecule has 5 rings (SSSR count). The van der Waals surface area contributed by atoms with Crippen molar-refractivity contribution in [3.05, 3.63) is 54.9 Å². The Hall–Kier alpha value is -3.25. The number of likely N-dealkylation sites (tertiary alicyclic amines) is 1. The molecule has 1 aliphatic heterocycles. The summed E-state index contributed by atoms with van der Waals surface area (Å²) in [5, 5.41) is 5.75. The van der Waals surface area contributed by atoms with Crippen LogP contribution in [0.5, 0.6) is 11.5 Å². The molecular formula is C28H34N4O2. The summed E-state index contributed by atoms with van der Waals surface area (Å²) in [7, 11) is 1.70. The molecule has 0 atom stereocenters. The van der Waals surface area contributed by atoms with Gasteiger partial charge in [0.15, 0.2) is 11.5 Å². The predicted molar refractivity (Wildman–Crippen MR) is 140 cm³/mol. The van der Waals surface area contributed by atoms with Crippen LogP contribution < -0.4 is 14.8 Å². The monoisotopic (exact) mass is 458 g/mol. The molecule has 6 heteroatoms. The first-order valence-electron chi connectivity index (χ1n) is 12.3. The SMILES string of the molecule is COc1cc2c(Nc3ccn(C(C)C)c3)c3ccccc3nc2cc1OCCCN1CCCC1. The highest BCUT2D eigenvalue weighted by atomic mass is 16.5. The lowest BCUT2D eigenvalue weighted by atomic mass is 10.1. The van der Waals surface area contributed by atoms with Crippen LogP contribution in [0.2, 0.25) is 0 Å². The van der Waals surface area contributed by atoms with E-state index in [0.717, 1.165) is 57.6 Å². The molecule has 6 nitrogen and oxygen atoms in total. The number of anilines is 2. The van der Waals surface area contributed by atoms with Gasteiger partial charge in [-0.2, -0.15) is 0 Å². The molecule has 0 spiro atoms. The van der Waals surface area contributed by atoms with Crippen LogP contribution in [0.3, 0.4) is 0 Å². The van der Waals surface area contributed by atoms with Crippen LogP contribution in [-0.4, -0.2) is 47.8 Å². The summed E-state index contributed by atoms with van der Waals surface area (Å²) < 4.78 is 14.1. The van der Waals surface area contributed by atoms with E-state index in [9.17, 15) is 0 Å². The second kappa shape index (κ2) is 9.94. The van der Waals surface area contributed by atoms with Gasteiger partial charge in [0.05, 0.1) is 36.1 Å². The maximum Gasteiger partial charge on any atom is 0.163 e. The smallest absolute Gasteiger partial charge is 0.163 e. The van der Waals surface area contributed by atoms with E-state index < -0.39 is 0 Å². The van der Waals surface area contributed by atoms with E-state index in [2.05, 4.69) is 65.3 Å². The molecular weight excluding hydrogens is 424 g/mol. The third-order valence-corrected chi connectivity index (χ3v) is 6.62. The number of nitrogens with zero attached hydrogens (tertiary/aromatic N) is 3. The van der Waals surface area contributed by atoms with Crippen molar-refractivity contribution in [3.8, 4) is 11.5 Å². The van der Waals surface area contributed by atoms with Crippen molar-refractivity contribution in [2.45, 2.75) is 39.2 Å². The van der Waals surface area contributed by atoms with E-state index in [1.807, 2.05) is 18.2 Å². The summed E-state index contributed by atoms with van der Waals surface area (Å²) in [6.07, 6.45) is 7.88. The predicted octanol–water partition coefficient (Wildman–Crippen LogP) is 6.39. The molecule has 0 radical (unpaired) electrons. The van der Waals surface area contributed by atoms with Crippen LogP contribution in [0.4, 0.5) is 11.4 Å². The lowest BCUT2D eigenvalue weighted by Gasteiger charge is -2.17. The Morgan fingerprint density at radius 2 is 1.82 bits per heavy atom. The first kappa shape index (κ1) is 22.5. The zero-order valence-electron chi connectivity index (χ0n) is 20.4. The molecule has 0 saturated carbocycles. The van der Waals surface area contributed by atoms with Crippen LogP contribution in [0.15, 0.2) is 54.9 Å². The number of hydrogen-bond acceptors (Lipinski definition) is 5. The number of nitrogens with one attached hydrogen (secondary N) is 1. The first-order valence-corrected chi connectivity index (χ1v) is 12.3. The van der Waals surface area contributed by atoms with Gasteiger partial charge in [-0.05, 0) is 64.4 Å². The van der Waals surface area contributed by atoms with Gasteiger partial charge < -0.3 is 24.3 Å². The van der Waals surface area contributed by atoms with Gasteiger partial charge in [0, 0.05) is 41.8 Å². The Labute approximate surface area is 201 Å². The number of rotatable bonds is 9. The van der Waals surface area contributed by atoms with E-state index in [4.69, 9.17) is 14.5 Å². The normalized spacial score (nSPS) is 14.4. The molecule has 4 aromatic rings. The fraction of sp³-hybridized carbons (Fsp3) is 0.393. The molecule has 0 bridgehead atoms. The number of fused-ring (bicyclic) bond motifs is 2. The number of pyridine rings is 1. The van der Waals surface area contributed by atoms with Gasteiger partial charge in [0.25, 0.3) is 0 Å². The van der Waals surface area contributed by atoms with Gasteiger partial charge in [-0.25, -0.2) is 4.98 Å². The average molecular weight is 459 g/mol. The van der Waals surface area contributed by atoms with Gasteiger partial charge in [-0.15, -0.1) is 0 Å². The second-order valence-corrected chi connectivity index (χ2v) is 9.34. The van der Waals surface area contributed by atoms with Crippen LogP contribution in [0, 0.1) is 0 Å². The molecule has 0 aliphatic carbocycles. The van der Waals surface area contributed by atoms with Gasteiger partial charge in [0.1, 0.15) is 0 Å². The number of ether oxygens (including phenoxy) is 2. The third-order valence-electron chi connectivity index (χ3n) is 6.62. The summed E-state index contributed by atoms with van der Waals surface area (Å²) in [6.45, 7) is 8.54. The number of aromatic nitrogens is 2. The van der Waals surface area contributed by atoms with Gasteiger partial charge in [-0.1, -0.05) is 18.2 Å². The largest absolute Gasteiger partial charge is 0.493 e. The van der Waals surface area contributed by atoms with Crippen molar-refractivity contribution < 1.29 is 9.47 Å². The summed E-state index contributed by atoms with van der Waals surface area (Å²) in [5.74, 6) is 1.48. The molecule has 0 amide bonds. The Kier molecular flexibility index (Phi) is 6.59. The topological polar surface area (TPSA) is 51.6 Å². The van der Waals surface area contributed by atoms with E-state index in [1.54, 1.807) is 7.11 Å². The Bertz CT molecular complexity index is 1270. The zero-order chi connectivity index (χ0) is 23.5. The molecule has 1 aliphatic rings. The highest BCUT2D eigenvalue weighted by Gasteiger charge is 2.16. The standard InChI is InChI=1S/C28H34N4O2/c1-20(2)32-15-11-21(19-32)29-28-22-9-4-5-10-24(22)30-25-18-27(26(33-3)17-23(25)28)34-16-8-14-31-12-6-7-13-31/h4-5,9-11,15,17-20H,6-8,12-14,16H2,1-3H3,(H,29,30). The second-order valence-electron chi connectivity index (χ2n) is 9.34. The number of benzene rings is 2. The van der Waals surface area contributed by atoms with Gasteiger partial charge in [-0.3, -0.25) is 0 Å². The van der Waals surface area contributed by atoms with Gasteiger partial charge >= 0.3 is 0 Å². The van der Waals surface area contributed by atoms with E-state index in [-0.39, 0.29) is 0 Å². The van der Waals surface area contributed by atoms with Crippen molar-refractivity contribution in [1.82, 2.24) is 14.5 Å². The summed E-state index contributed by atoms with van der Waals surface area (Å²) in [6, 6.07) is 14.8. The lowest BCUT2D eigenvalue weighted by molar-refractivity contribution is 0.254. The minimum absolute atomic E-state index is 0.409. The lowest BCUT2D eigenvalue weighted by Crippen LogP contribution is -2.21. The maximum absolute atomic E-state index is 6.18. The average Bonchev–Trinajstić information content (AvgIpc) is 3.54. The Morgan fingerprint density at radius 3 is 2.59 bits per heavy atom. The maximum atomic E-state index is 6.18. The third kappa shape index (κ3) is 4.68. The summed E-state index contributed by atoms with van der Waals surface area (Å²) in [4.78, 5) is 7.46. The van der Waals surface area contributed by atoms with E-state index in [0.29, 0.717) is 12.6 Å². The zero-order valence-corrected chi connectivity index (χ0v) is 20.4. The van der Waals surface area contributed by atoms with Crippen molar-refractivity contribution >= 4 is 33.2 Å². The fourth-order valence-corrected chi connectivity index (χ4v) is 4.74. The van der Waals surface area contributed by atoms with Crippen molar-refractivity contribution in [3.63, 3.8) is 0 Å². The molecule has 0 unspecified atom stereocenters. The van der Waals surface area contributed by atoms with Crippen LogP contribution >= 0.6 is 0 Å². The number of para-hydroxylation sites is 1. The first-order chi connectivity index (χ1) is 16.6. The molecule has 2 aromatic heterocycles. The molecule has 2 aromatic carbocycles. The minimum Gasteiger partial charge on any atom is -0.493 e. The molecule has 1 saturated heterocycles. The van der Waals surface area contributed by atoms with Crippen molar-refractivity contribution in [1.29, 1.82) is 0 Å². The van der Waals surface area contributed by atoms with E-state index >= 15 is 0 Å². The molecule has 34 heavy (non-hydrogen) atoms. The Balaban J connectivity index is 1.48. The molecule has 1 fully saturated rings. The summed E-state index contributed by atoms with van der Waals surface area (Å²) in [5.41, 5.74) is 3.92. The molecule has 178 valence electrons. The van der Waals surface area contributed by atoms with Crippen LogP contribution in [-0.2, 0) is 0 Å².